The van der Waals surface area contributed by atoms with E-state index in [2.05, 4.69) is 37.3 Å². The molecule has 3 aromatic heterocycles. The third kappa shape index (κ3) is 4.03. The molecule has 1 saturated heterocycles. The fourth-order valence-corrected chi connectivity index (χ4v) is 3.05. The number of hydrogen-bond donors (Lipinski definition) is 1. The van der Waals surface area contributed by atoms with Crippen molar-refractivity contribution in [3.8, 4) is 0 Å². The Labute approximate surface area is 157 Å². The molecule has 3 aromatic rings. The number of pyridine rings is 1. The number of anilines is 2. The van der Waals surface area contributed by atoms with Crippen LogP contribution in [0.2, 0.25) is 0 Å². The van der Waals surface area contributed by atoms with Crippen LogP contribution in [0.1, 0.15) is 12.2 Å². The van der Waals surface area contributed by atoms with Crippen LogP contribution in [0.3, 0.4) is 0 Å². The monoisotopic (exact) mass is 366 g/mol. The minimum absolute atomic E-state index is 0.110. The molecule has 0 radical (unpaired) electrons. The molecule has 1 fully saturated rings. The molecule has 1 amide bonds. The van der Waals surface area contributed by atoms with E-state index in [0.717, 1.165) is 32.0 Å². The normalized spacial score (nSPS) is 15.2. The molecule has 140 valence electrons. The van der Waals surface area contributed by atoms with Gasteiger partial charge in [0.2, 0.25) is 5.91 Å². The van der Waals surface area contributed by atoms with Gasteiger partial charge in [0.1, 0.15) is 11.6 Å². The topological polar surface area (TPSA) is 91.5 Å². The second kappa shape index (κ2) is 7.67. The van der Waals surface area contributed by atoms with Gasteiger partial charge < -0.3 is 15.1 Å². The number of aryl methyl sites for hydroxylation is 1. The van der Waals surface area contributed by atoms with Crippen LogP contribution < -0.4 is 10.2 Å². The summed E-state index contributed by atoms with van der Waals surface area (Å²) in [5.41, 5.74) is 0.688. The molecule has 1 aliphatic heterocycles. The first-order valence-electron chi connectivity index (χ1n) is 9.05. The molecule has 27 heavy (non-hydrogen) atoms. The molecule has 4 rings (SSSR count). The van der Waals surface area contributed by atoms with Crippen molar-refractivity contribution in [1.82, 2.24) is 29.7 Å². The Morgan fingerprint density at radius 2 is 1.96 bits per heavy atom. The molecule has 4 heterocycles. The smallest absolute Gasteiger partial charge is 0.225 e. The predicted octanol–water partition coefficient (Wildman–Crippen LogP) is 0.842. The maximum atomic E-state index is 12.1. The number of fused-ring (bicyclic) bond motifs is 1. The molecule has 0 unspecified atom stereocenters. The number of rotatable bonds is 5. The molecule has 0 aromatic carbocycles. The first kappa shape index (κ1) is 17.3. The van der Waals surface area contributed by atoms with E-state index < -0.39 is 0 Å². The summed E-state index contributed by atoms with van der Waals surface area (Å²) in [6, 6.07) is 9.30. The molecule has 9 heteroatoms. The van der Waals surface area contributed by atoms with Gasteiger partial charge in [-0.1, -0.05) is 6.07 Å². The standard InChI is InChI=1S/C18H22N8O/c1-24-10-12-25(13-11-24)17-6-5-15-21-22-16(26(15)23-17)7-8-18(27)20-14-4-2-3-9-19-14/h2-6,9H,7-8,10-13H2,1H3,(H,19,20,27). The number of hydrogen-bond acceptors (Lipinski definition) is 7. The third-order valence-electron chi connectivity index (χ3n) is 4.65. The lowest BCUT2D eigenvalue weighted by Gasteiger charge is -2.33. The first-order chi connectivity index (χ1) is 13.2. The van der Waals surface area contributed by atoms with Crippen LogP contribution >= 0.6 is 0 Å². The van der Waals surface area contributed by atoms with Gasteiger partial charge in [-0.3, -0.25) is 4.79 Å². The van der Waals surface area contributed by atoms with Crippen molar-refractivity contribution in [2.45, 2.75) is 12.8 Å². The van der Waals surface area contributed by atoms with Crippen molar-refractivity contribution in [2.24, 2.45) is 0 Å². The van der Waals surface area contributed by atoms with Crippen molar-refractivity contribution in [3.05, 3.63) is 42.4 Å². The van der Waals surface area contributed by atoms with Crippen molar-refractivity contribution in [1.29, 1.82) is 0 Å². The molecule has 0 aliphatic carbocycles. The zero-order chi connectivity index (χ0) is 18.6. The highest BCUT2D eigenvalue weighted by molar-refractivity contribution is 5.89. The summed E-state index contributed by atoms with van der Waals surface area (Å²) in [6.07, 6.45) is 2.39. The Morgan fingerprint density at radius 3 is 2.74 bits per heavy atom. The van der Waals surface area contributed by atoms with Gasteiger partial charge in [0, 0.05) is 45.2 Å². The molecule has 0 bridgehead atoms. The van der Waals surface area contributed by atoms with Crippen LogP contribution in [-0.2, 0) is 11.2 Å². The van der Waals surface area contributed by atoms with E-state index in [4.69, 9.17) is 5.10 Å². The van der Waals surface area contributed by atoms with E-state index in [1.54, 1.807) is 16.8 Å². The molecule has 0 atom stereocenters. The van der Waals surface area contributed by atoms with Gasteiger partial charge >= 0.3 is 0 Å². The number of carbonyl (C=O) groups is 1. The molecule has 9 nitrogen and oxygen atoms in total. The molecule has 1 aliphatic rings. The largest absolute Gasteiger partial charge is 0.353 e. The number of piperazine rings is 1. The van der Waals surface area contributed by atoms with Crippen LogP contribution in [0, 0.1) is 0 Å². The number of nitrogens with one attached hydrogen (secondary N) is 1. The quantitative estimate of drug-likeness (QED) is 0.715. The SMILES string of the molecule is CN1CCN(c2ccc3nnc(CCC(=O)Nc4ccccn4)n3n2)CC1. The lowest BCUT2D eigenvalue weighted by atomic mass is 10.3. The highest BCUT2D eigenvalue weighted by atomic mass is 16.1. The summed E-state index contributed by atoms with van der Waals surface area (Å²) in [5.74, 6) is 2.02. The van der Waals surface area contributed by atoms with Gasteiger partial charge in [-0.15, -0.1) is 15.3 Å². The maximum absolute atomic E-state index is 12.1. The predicted molar refractivity (Wildman–Crippen MR) is 102 cm³/mol. The first-order valence-corrected chi connectivity index (χ1v) is 9.05. The molecular weight excluding hydrogens is 344 g/mol. The zero-order valence-corrected chi connectivity index (χ0v) is 15.2. The van der Waals surface area contributed by atoms with Gasteiger partial charge in [0.05, 0.1) is 0 Å². The summed E-state index contributed by atoms with van der Waals surface area (Å²) in [5, 5.41) is 15.8. The minimum Gasteiger partial charge on any atom is -0.353 e. The van der Waals surface area contributed by atoms with Gasteiger partial charge in [0.15, 0.2) is 11.5 Å². The molecular formula is C18H22N8O. The van der Waals surface area contributed by atoms with E-state index in [-0.39, 0.29) is 12.3 Å². The van der Waals surface area contributed by atoms with Crippen LogP contribution in [0.25, 0.3) is 5.65 Å². The second-order valence-electron chi connectivity index (χ2n) is 6.63. The Kier molecular flexibility index (Phi) is 4.93. The van der Waals surface area contributed by atoms with E-state index in [1.807, 2.05) is 24.3 Å². The number of carbonyl (C=O) groups excluding carboxylic acids is 1. The number of nitrogens with zero attached hydrogens (tertiary/aromatic N) is 7. The van der Waals surface area contributed by atoms with Crippen LogP contribution in [0.15, 0.2) is 36.5 Å². The fourth-order valence-electron chi connectivity index (χ4n) is 3.05. The Bertz CT molecular complexity index is 918. The van der Waals surface area contributed by atoms with Crippen molar-refractivity contribution in [2.75, 3.05) is 43.4 Å². The Hall–Kier alpha value is -3.07. The van der Waals surface area contributed by atoms with Crippen LogP contribution in [-0.4, -0.2) is 68.8 Å². The average Bonchev–Trinajstić information content (AvgIpc) is 3.10. The second-order valence-corrected chi connectivity index (χ2v) is 6.63. The summed E-state index contributed by atoms with van der Waals surface area (Å²) in [7, 11) is 2.13. The number of aromatic nitrogens is 5. The van der Waals surface area contributed by atoms with Gasteiger partial charge in [-0.05, 0) is 31.3 Å². The zero-order valence-electron chi connectivity index (χ0n) is 15.2. The van der Waals surface area contributed by atoms with E-state index in [1.165, 1.54) is 0 Å². The van der Waals surface area contributed by atoms with Crippen LogP contribution in [0.4, 0.5) is 11.6 Å². The van der Waals surface area contributed by atoms with Crippen molar-refractivity contribution < 1.29 is 4.79 Å². The fraction of sp³-hybridized carbons (Fsp3) is 0.389. The maximum Gasteiger partial charge on any atom is 0.225 e. The van der Waals surface area contributed by atoms with Crippen molar-refractivity contribution in [3.63, 3.8) is 0 Å². The highest BCUT2D eigenvalue weighted by Gasteiger charge is 2.17. The minimum atomic E-state index is -0.110. The summed E-state index contributed by atoms with van der Waals surface area (Å²) < 4.78 is 1.74. The van der Waals surface area contributed by atoms with E-state index >= 15 is 0 Å². The van der Waals surface area contributed by atoms with E-state index in [0.29, 0.717) is 23.7 Å². The third-order valence-corrected chi connectivity index (χ3v) is 4.65. The van der Waals surface area contributed by atoms with Crippen LogP contribution in [0.5, 0.6) is 0 Å². The van der Waals surface area contributed by atoms with Crippen molar-refractivity contribution >= 4 is 23.2 Å². The number of amides is 1. The lowest BCUT2D eigenvalue weighted by molar-refractivity contribution is -0.116. The van der Waals surface area contributed by atoms with Gasteiger partial charge in [-0.2, -0.15) is 4.52 Å². The summed E-state index contributed by atoms with van der Waals surface area (Å²) in [6.45, 7) is 3.92. The molecule has 0 spiro atoms. The lowest BCUT2D eigenvalue weighted by Crippen LogP contribution is -2.45. The Balaban J connectivity index is 1.44. The Morgan fingerprint density at radius 1 is 1.11 bits per heavy atom. The molecule has 1 N–H and O–H groups in total. The highest BCUT2D eigenvalue weighted by Crippen LogP contribution is 2.15. The van der Waals surface area contributed by atoms with E-state index in [9.17, 15) is 4.79 Å². The average molecular weight is 366 g/mol. The summed E-state index contributed by atoms with van der Waals surface area (Å²) in [4.78, 5) is 20.8. The van der Waals surface area contributed by atoms with Gasteiger partial charge in [-0.25, -0.2) is 4.98 Å². The summed E-state index contributed by atoms with van der Waals surface area (Å²) >= 11 is 0. The number of likely N-dealkylation sites (N-methyl/N-ethyl adjacent to an activating group) is 1. The van der Waals surface area contributed by atoms with Gasteiger partial charge in [0.25, 0.3) is 0 Å². The molecule has 0 saturated carbocycles.